The summed E-state index contributed by atoms with van der Waals surface area (Å²) < 4.78 is 49.5. The van der Waals surface area contributed by atoms with Crippen LogP contribution in [0.4, 0.5) is 19.0 Å². The number of pyridine rings is 1. The summed E-state index contributed by atoms with van der Waals surface area (Å²) in [7, 11) is 0. The Morgan fingerprint density at radius 2 is 2.27 bits per heavy atom. The molecule has 0 N–H and O–H groups in total. The van der Waals surface area contributed by atoms with Gasteiger partial charge in [0.15, 0.2) is 0 Å². The third-order valence-electron chi connectivity index (χ3n) is 3.41. The van der Waals surface area contributed by atoms with Crippen molar-refractivity contribution in [1.82, 2.24) is 14.5 Å². The second-order valence-electron chi connectivity index (χ2n) is 5.27. The van der Waals surface area contributed by atoms with Gasteiger partial charge in [0, 0.05) is 11.2 Å². The maximum absolute atomic E-state index is 12.4. The minimum atomic E-state index is -4.44. The van der Waals surface area contributed by atoms with Crippen LogP contribution in [0, 0.1) is 22.0 Å². The van der Waals surface area contributed by atoms with E-state index in [0.29, 0.717) is 12.7 Å². The van der Waals surface area contributed by atoms with Gasteiger partial charge in [0.25, 0.3) is 0 Å². The van der Waals surface area contributed by atoms with Crippen molar-refractivity contribution < 1.29 is 27.6 Å². The van der Waals surface area contributed by atoms with E-state index < -0.39 is 16.7 Å². The molecule has 8 nitrogen and oxygen atoms in total. The average Bonchev–Trinajstić information content (AvgIpc) is 3.02. The molecule has 0 amide bonds. The van der Waals surface area contributed by atoms with Crippen molar-refractivity contribution in [3.63, 3.8) is 0 Å². The molecule has 0 saturated heterocycles. The molecule has 2 aromatic rings. The Balaban J connectivity index is 1.53. The Labute approximate surface area is 144 Å². The smallest absolute Gasteiger partial charge is 0.417 e. The zero-order chi connectivity index (χ0) is 18.7. The Bertz CT molecular complexity index is 868. The predicted octanol–water partition coefficient (Wildman–Crippen LogP) is 2.03. The maximum atomic E-state index is 12.4. The van der Waals surface area contributed by atoms with Crippen LogP contribution in [0.15, 0.2) is 24.5 Å². The molecule has 3 rings (SSSR count). The highest BCUT2D eigenvalue weighted by Gasteiger charge is 2.30. The Hall–Kier alpha value is -3.13. The van der Waals surface area contributed by atoms with Gasteiger partial charge in [-0.05, 0) is 23.0 Å². The van der Waals surface area contributed by atoms with Crippen molar-refractivity contribution in [2.75, 3.05) is 13.2 Å². The molecular formula is C15H11F3N4O4. The molecule has 0 aromatic carbocycles. The zero-order valence-electron chi connectivity index (χ0n) is 13.1. The lowest BCUT2D eigenvalue weighted by Gasteiger charge is -2.21. The van der Waals surface area contributed by atoms with E-state index in [1.807, 2.05) is 0 Å². The first-order chi connectivity index (χ1) is 12.3. The van der Waals surface area contributed by atoms with Crippen LogP contribution in [0.5, 0.6) is 6.01 Å². The van der Waals surface area contributed by atoms with Crippen LogP contribution in [0.1, 0.15) is 11.3 Å². The van der Waals surface area contributed by atoms with Crippen molar-refractivity contribution in [2.45, 2.75) is 18.8 Å². The van der Waals surface area contributed by atoms with Crippen LogP contribution in [0.25, 0.3) is 0 Å². The summed E-state index contributed by atoms with van der Waals surface area (Å²) in [6.45, 7) is 0.480. The van der Waals surface area contributed by atoms with Gasteiger partial charge in [-0.3, -0.25) is 4.57 Å². The lowest BCUT2D eigenvalue weighted by atomic mass is 10.2. The number of hydrogen-bond donors (Lipinski definition) is 0. The molecule has 0 saturated carbocycles. The quantitative estimate of drug-likeness (QED) is 0.468. The summed E-state index contributed by atoms with van der Waals surface area (Å²) in [5.41, 5.74) is -0.655. The third-order valence-corrected chi connectivity index (χ3v) is 3.41. The number of alkyl halides is 3. The van der Waals surface area contributed by atoms with E-state index in [0.717, 1.165) is 6.07 Å². The molecule has 0 bridgehead atoms. The highest BCUT2D eigenvalue weighted by Crippen LogP contribution is 2.28. The normalized spacial score (nSPS) is 16.2. The number of halogens is 3. The largest absolute Gasteiger partial charge is 0.443 e. The van der Waals surface area contributed by atoms with Gasteiger partial charge in [-0.1, -0.05) is 5.92 Å². The number of nitrogens with zero attached hydrogens (tertiary/aromatic N) is 4. The van der Waals surface area contributed by atoms with E-state index >= 15 is 0 Å². The topological polar surface area (TPSA) is 92.3 Å². The molecule has 1 aliphatic rings. The second kappa shape index (κ2) is 7.01. The minimum absolute atomic E-state index is 0.00283. The highest BCUT2D eigenvalue weighted by molar-refractivity contribution is 5.30. The van der Waals surface area contributed by atoms with Gasteiger partial charge < -0.3 is 19.6 Å². The van der Waals surface area contributed by atoms with Crippen LogP contribution in [-0.2, 0) is 17.5 Å². The molecular weight excluding hydrogens is 357 g/mol. The van der Waals surface area contributed by atoms with Crippen LogP contribution in [-0.4, -0.2) is 38.8 Å². The van der Waals surface area contributed by atoms with Gasteiger partial charge in [0.05, 0.1) is 12.1 Å². The van der Waals surface area contributed by atoms with Gasteiger partial charge >= 0.3 is 18.0 Å². The SMILES string of the molecule is O=[N+]([O-])c1cn2c(n1)OC[C@@H](OCC#Cc1ccc(C(F)(F)F)cn1)C2. The lowest BCUT2D eigenvalue weighted by Crippen LogP contribution is -2.32. The van der Waals surface area contributed by atoms with E-state index in [1.54, 1.807) is 0 Å². The summed E-state index contributed by atoms with van der Waals surface area (Å²) in [5, 5.41) is 10.7. The van der Waals surface area contributed by atoms with E-state index in [1.165, 1.54) is 16.8 Å². The van der Waals surface area contributed by atoms with E-state index in [-0.39, 0.29) is 36.8 Å². The summed E-state index contributed by atoms with van der Waals surface area (Å²) in [5.74, 6) is 4.94. The van der Waals surface area contributed by atoms with Crippen LogP contribution in [0.3, 0.4) is 0 Å². The van der Waals surface area contributed by atoms with Gasteiger partial charge in [0.2, 0.25) is 0 Å². The molecule has 3 heterocycles. The summed E-state index contributed by atoms with van der Waals surface area (Å²) >= 11 is 0. The molecule has 2 aromatic heterocycles. The fraction of sp³-hybridized carbons (Fsp3) is 0.333. The van der Waals surface area contributed by atoms with Crippen molar-refractivity contribution in [2.24, 2.45) is 0 Å². The first kappa shape index (κ1) is 17.7. The predicted molar refractivity (Wildman–Crippen MR) is 80.2 cm³/mol. The van der Waals surface area contributed by atoms with Crippen molar-refractivity contribution in [3.8, 4) is 17.9 Å². The van der Waals surface area contributed by atoms with Crippen molar-refractivity contribution in [1.29, 1.82) is 0 Å². The Morgan fingerprint density at radius 3 is 2.92 bits per heavy atom. The Morgan fingerprint density at radius 1 is 1.46 bits per heavy atom. The molecule has 1 atom stereocenters. The molecule has 0 radical (unpaired) electrons. The first-order valence-corrected chi connectivity index (χ1v) is 7.31. The maximum Gasteiger partial charge on any atom is 0.417 e. The number of imidazole rings is 1. The fourth-order valence-electron chi connectivity index (χ4n) is 2.18. The van der Waals surface area contributed by atoms with Gasteiger partial charge in [0.1, 0.15) is 31.2 Å². The summed E-state index contributed by atoms with van der Waals surface area (Å²) in [6.07, 6.45) is -2.86. The molecule has 0 fully saturated rings. The number of aromatic nitrogens is 3. The standard InChI is InChI=1S/C15H11F3N4O4/c16-15(17,18)10-3-4-11(19-6-10)2-1-5-25-12-7-21-8-13(22(23)24)20-14(21)26-9-12/h3-4,6,8,12H,5,7,9H2/t12-/m0/s1. The second-order valence-corrected chi connectivity index (χ2v) is 5.27. The Kier molecular flexibility index (Phi) is 4.77. The van der Waals surface area contributed by atoms with Gasteiger partial charge in [-0.15, -0.1) is 0 Å². The van der Waals surface area contributed by atoms with Crippen molar-refractivity contribution in [3.05, 3.63) is 45.9 Å². The van der Waals surface area contributed by atoms with Gasteiger partial charge in [-0.25, -0.2) is 4.98 Å². The zero-order valence-corrected chi connectivity index (χ0v) is 13.1. The lowest BCUT2D eigenvalue weighted by molar-refractivity contribution is -0.389. The number of fused-ring (bicyclic) bond motifs is 1. The number of ether oxygens (including phenoxy) is 2. The first-order valence-electron chi connectivity index (χ1n) is 7.31. The number of nitro groups is 1. The molecule has 11 heteroatoms. The monoisotopic (exact) mass is 368 g/mol. The van der Waals surface area contributed by atoms with E-state index in [9.17, 15) is 23.3 Å². The minimum Gasteiger partial charge on any atom is -0.443 e. The molecule has 1 aliphatic heterocycles. The molecule has 0 spiro atoms. The third kappa shape index (κ3) is 4.09. The highest BCUT2D eigenvalue weighted by atomic mass is 19.4. The van der Waals surface area contributed by atoms with Crippen LogP contribution < -0.4 is 4.74 Å². The number of hydrogen-bond acceptors (Lipinski definition) is 6. The van der Waals surface area contributed by atoms with Crippen molar-refractivity contribution >= 4 is 5.82 Å². The molecule has 26 heavy (non-hydrogen) atoms. The fourth-order valence-corrected chi connectivity index (χ4v) is 2.18. The molecule has 136 valence electrons. The van der Waals surface area contributed by atoms with Crippen LogP contribution >= 0.6 is 0 Å². The number of rotatable bonds is 3. The molecule has 0 aliphatic carbocycles. The average molecular weight is 368 g/mol. The summed E-state index contributed by atoms with van der Waals surface area (Å²) in [4.78, 5) is 17.4. The van der Waals surface area contributed by atoms with E-state index in [2.05, 4.69) is 21.8 Å². The van der Waals surface area contributed by atoms with Crippen LogP contribution in [0.2, 0.25) is 0 Å². The molecule has 0 unspecified atom stereocenters. The van der Waals surface area contributed by atoms with Gasteiger partial charge in [-0.2, -0.15) is 13.2 Å². The van der Waals surface area contributed by atoms with E-state index in [4.69, 9.17) is 9.47 Å². The summed E-state index contributed by atoms with van der Waals surface area (Å²) in [6, 6.07) is 2.23.